The molecule has 0 heterocycles. The van der Waals surface area contributed by atoms with Crippen molar-refractivity contribution >= 4 is 11.8 Å². The van der Waals surface area contributed by atoms with Crippen molar-refractivity contribution in [3.8, 4) is 0 Å². The van der Waals surface area contributed by atoms with Crippen molar-refractivity contribution in [2.24, 2.45) is 11.7 Å². The van der Waals surface area contributed by atoms with Crippen molar-refractivity contribution in [1.29, 1.82) is 0 Å². The summed E-state index contributed by atoms with van der Waals surface area (Å²) in [5.74, 6) is -0.737. The molecule has 1 fully saturated rings. The highest BCUT2D eigenvalue weighted by molar-refractivity contribution is 5.87. The van der Waals surface area contributed by atoms with Gasteiger partial charge in [0.05, 0.1) is 12.0 Å². The van der Waals surface area contributed by atoms with Crippen LogP contribution in [0.4, 0.5) is 13.2 Å². The molecule has 120 valence electrons. The Bertz CT molecular complexity index is 568. The van der Waals surface area contributed by atoms with Gasteiger partial charge >= 0.3 is 6.18 Å². The zero-order valence-electron chi connectivity index (χ0n) is 11.8. The Hall–Kier alpha value is -2.05. The van der Waals surface area contributed by atoms with Gasteiger partial charge in [-0.05, 0) is 24.0 Å². The van der Waals surface area contributed by atoms with Gasteiger partial charge in [-0.3, -0.25) is 9.59 Å². The molecule has 2 amide bonds. The molecule has 0 bridgehead atoms. The third-order valence-corrected chi connectivity index (χ3v) is 3.56. The predicted octanol–water partition coefficient (Wildman–Crippen LogP) is 2.02. The van der Waals surface area contributed by atoms with Crippen LogP contribution in [0.15, 0.2) is 24.3 Å². The lowest BCUT2D eigenvalue weighted by atomic mass is 10.1. The van der Waals surface area contributed by atoms with Crippen molar-refractivity contribution in [2.45, 2.75) is 37.9 Å². The normalized spacial score (nSPS) is 16.1. The summed E-state index contributed by atoms with van der Waals surface area (Å²) < 4.78 is 37.8. The Morgan fingerprint density at radius 1 is 1.32 bits per heavy atom. The molecule has 1 aliphatic carbocycles. The molecule has 0 aliphatic heterocycles. The number of primary amides is 1. The summed E-state index contributed by atoms with van der Waals surface area (Å²) in [6.07, 6.45) is -2.17. The van der Waals surface area contributed by atoms with Crippen LogP contribution in [0.25, 0.3) is 0 Å². The summed E-state index contributed by atoms with van der Waals surface area (Å²) >= 11 is 0. The quantitative estimate of drug-likeness (QED) is 0.843. The lowest BCUT2D eigenvalue weighted by Gasteiger charge is -2.15. The second-order valence-corrected chi connectivity index (χ2v) is 5.58. The number of benzene rings is 1. The number of carbonyl (C=O) groups excluding carboxylic acids is 2. The fourth-order valence-electron chi connectivity index (χ4n) is 2.22. The molecule has 1 atom stereocenters. The highest BCUT2D eigenvalue weighted by Gasteiger charge is 2.31. The molecular formula is C15H17F3N2O2. The molecule has 0 aromatic heterocycles. The largest absolute Gasteiger partial charge is 0.416 e. The molecular weight excluding hydrogens is 297 g/mol. The van der Waals surface area contributed by atoms with Gasteiger partial charge in [0, 0.05) is 0 Å². The standard InChI is InChI=1S/C15H17F3N2O2/c16-15(17,18)11-3-1-2-10(6-11)8-13(21)20-12(14(19)22)7-9-4-5-9/h1-3,6,9,12H,4-5,7-8H2,(H2,19,22)(H,20,21)/t12-/m0/s1. The number of hydrogen-bond donors (Lipinski definition) is 2. The van der Waals surface area contributed by atoms with E-state index < -0.39 is 29.6 Å². The maximum atomic E-state index is 12.6. The summed E-state index contributed by atoms with van der Waals surface area (Å²) in [6.45, 7) is 0. The van der Waals surface area contributed by atoms with E-state index in [1.165, 1.54) is 12.1 Å². The number of carbonyl (C=O) groups is 2. The molecule has 1 aromatic rings. The summed E-state index contributed by atoms with van der Waals surface area (Å²) in [4.78, 5) is 23.2. The van der Waals surface area contributed by atoms with E-state index in [0.29, 0.717) is 12.3 Å². The van der Waals surface area contributed by atoms with E-state index in [4.69, 9.17) is 5.73 Å². The van der Waals surface area contributed by atoms with Gasteiger partial charge in [0.1, 0.15) is 6.04 Å². The van der Waals surface area contributed by atoms with E-state index >= 15 is 0 Å². The van der Waals surface area contributed by atoms with Crippen molar-refractivity contribution in [3.63, 3.8) is 0 Å². The van der Waals surface area contributed by atoms with E-state index in [0.717, 1.165) is 25.0 Å². The lowest BCUT2D eigenvalue weighted by Crippen LogP contribution is -2.45. The number of nitrogens with two attached hydrogens (primary N) is 1. The molecule has 3 N–H and O–H groups in total. The fourth-order valence-corrected chi connectivity index (χ4v) is 2.22. The Morgan fingerprint density at radius 2 is 2.00 bits per heavy atom. The summed E-state index contributed by atoms with van der Waals surface area (Å²) in [6, 6.07) is 3.81. The molecule has 1 aromatic carbocycles. The average molecular weight is 314 g/mol. The number of amides is 2. The number of rotatable bonds is 6. The third-order valence-electron chi connectivity index (χ3n) is 3.56. The minimum atomic E-state index is -4.45. The van der Waals surface area contributed by atoms with Crippen molar-refractivity contribution in [3.05, 3.63) is 35.4 Å². The summed E-state index contributed by atoms with van der Waals surface area (Å²) in [7, 11) is 0. The number of hydrogen-bond acceptors (Lipinski definition) is 2. The van der Waals surface area contributed by atoms with E-state index in [1.54, 1.807) is 0 Å². The van der Waals surface area contributed by atoms with E-state index in [1.807, 2.05) is 0 Å². The van der Waals surface area contributed by atoms with Gasteiger partial charge in [-0.2, -0.15) is 13.2 Å². The first-order chi connectivity index (χ1) is 10.3. The fraction of sp³-hybridized carbons (Fsp3) is 0.467. The van der Waals surface area contributed by atoms with E-state index in [2.05, 4.69) is 5.32 Å². The second-order valence-electron chi connectivity index (χ2n) is 5.58. The Balaban J connectivity index is 1.97. The molecule has 22 heavy (non-hydrogen) atoms. The van der Waals surface area contributed by atoms with Crippen LogP contribution >= 0.6 is 0 Å². The van der Waals surface area contributed by atoms with Crippen LogP contribution in [-0.2, 0) is 22.2 Å². The van der Waals surface area contributed by atoms with Crippen LogP contribution in [0.2, 0.25) is 0 Å². The van der Waals surface area contributed by atoms with Gasteiger partial charge in [0.15, 0.2) is 0 Å². The monoisotopic (exact) mass is 314 g/mol. The van der Waals surface area contributed by atoms with Crippen LogP contribution in [0.3, 0.4) is 0 Å². The van der Waals surface area contributed by atoms with Gasteiger partial charge in [0.25, 0.3) is 0 Å². The molecule has 0 saturated heterocycles. The Morgan fingerprint density at radius 3 is 2.55 bits per heavy atom. The van der Waals surface area contributed by atoms with Crippen LogP contribution in [0.5, 0.6) is 0 Å². The third kappa shape index (κ3) is 4.75. The Labute approximate surface area is 125 Å². The maximum absolute atomic E-state index is 12.6. The lowest BCUT2D eigenvalue weighted by molar-refractivity contribution is -0.137. The molecule has 7 heteroatoms. The van der Waals surface area contributed by atoms with Crippen molar-refractivity contribution in [1.82, 2.24) is 5.32 Å². The SMILES string of the molecule is NC(=O)[C@H](CC1CC1)NC(=O)Cc1cccc(C(F)(F)F)c1. The number of halogens is 3. The first-order valence-electron chi connectivity index (χ1n) is 7.00. The van der Waals surface area contributed by atoms with Crippen molar-refractivity contribution in [2.75, 3.05) is 0 Å². The molecule has 1 saturated carbocycles. The molecule has 4 nitrogen and oxygen atoms in total. The second kappa shape index (κ2) is 6.37. The van der Waals surface area contributed by atoms with Gasteiger partial charge in [-0.25, -0.2) is 0 Å². The molecule has 1 aliphatic rings. The first kappa shape index (κ1) is 16.3. The smallest absolute Gasteiger partial charge is 0.368 e. The molecule has 0 spiro atoms. The zero-order valence-corrected chi connectivity index (χ0v) is 11.8. The highest BCUT2D eigenvalue weighted by Crippen LogP contribution is 2.33. The molecule has 2 rings (SSSR count). The van der Waals surface area contributed by atoms with Crippen molar-refractivity contribution < 1.29 is 22.8 Å². The predicted molar refractivity (Wildman–Crippen MR) is 73.6 cm³/mol. The van der Waals surface area contributed by atoms with E-state index in [-0.39, 0.29) is 12.0 Å². The zero-order chi connectivity index (χ0) is 16.3. The van der Waals surface area contributed by atoms with E-state index in [9.17, 15) is 22.8 Å². The van der Waals surface area contributed by atoms with Gasteiger partial charge < -0.3 is 11.1 Å². The summed E-state index contributed by atoms with van der Waals surface area (Å²) in [5.41, 5.74) is 4.67. The van der Waals surface area contributed by atoms with Gasteiger partial charge in [-0.15, -0.1) is 0 Å². The average Bonchev–Trinajstić information content (AvgIpc) is 3.21. The van der Waals surface area contributed by atoms with Gasteiger partial charge in [0.2, 0.25) is 11.8 Å². The van der Waals surface area contributed by atoms with Crippen LogP contribution < -0.4 is 11.1 Å². The van der Waals surface area contributed by atoms with Crippen LogP contribution in [0.1, 0.15) is 30.4 Å². The highest BCUT2D eigenvalue weighted by atomic mass is 19.4. The Kier molecular flexibility index (Phi) is 4.73. The molecule has 0 unspecified atom stereocenters. The molecule has 0 radical (unpaired) electrons. The van der Waals surface area contributed by atoms with Crippen LogP contribution in [0, 0.1) is 5.92 Å². The van der Waals surface area contributed by atoms with Crippen LogP contribution in [-0.4, -0.2) is 17.9 Å². The topological polar surface area (TPSA) is 72.2 Å². The maximum Gasteiger partial charge on any atom is 0.416 e. The van der Waals surface area contributed by atoms with Gasteiger partial charge in [-0.1, -0.05) is 31.0 Å². The number of alkyl halides is 3. The minimum absolute atomic E-state index is 0.224. The first-order valence-corrected chi connectivity index (χ1v) is 7.00. The summed E-state index contributed by atoms with van der Waals surface area (Å²) in [5, 5.41) is 2.50. The number of nitrogens with one attached hydrogen (secondary N) is 1. The minimum Gasteiger partial charge on any atom is -0.368 e.